The van der Waals surface area contributed by atoms with Crippen LogP contribution in [0.2, 0.25) is 0 Å². The van der Waals surface area contributed by atoms with Crippen LogP contribution in [-0.2, 0) is 6.42 Å². The van der Waals surface area contributed by atoms with E-state index in [1.165, 1.54) is 4.90 Å². The molecule has 1 aliphatic carbocycles. The summed E-state index contributed by atoms with van der Waals surface area (Å²) in [5.74, 6) is -1.12. The maximum atomic E-state index is 11.9. The Labute approximate surface area is 156 Å². The quantitative estimate of drug-likeness (QED) is 0.657. The lowest BCUT2D eigenvalue weighted by Gasteiger charge is -2.23. The highest BCUT2D eigenvalue weighted by molar-refractivity contribution is 7.98. The van der Waals surface area contributed by atoms with Crippen LogP contribution in [0.1, 0.15) is 40.0 Å². The van der Waals surface area contributed by atoms with E-state index in [0.29, 0.717) is 16.5 Å². The SMILES string of the molecule is CSc1ccc(/C=C2\CCCc3c2nc2ccccc2c3C(=O)[O-])cc1. The molecule has 0 amide bonds. The third kappa shape index (κ3) is 3.01. The smallest absolute Gasteiger partial charge is 0.0725 e. The first-order valence-electron chi connectivity index (χ1n) is 8.65. The molecule has 0 atom stereocenters. The lowest BCUT2D eigenvalue weighted by atomic mass is 9.86. The fraction of sp³-hybridized carbons (Fsp3) is 0.182. The van der Waals surface area contributed by atoms with Crippen LogP contribution in [-0.4, -0.2) is 17.2 Å². The number of fused-ring (bicyclic) bond motifs is 2. The van der Waals surface area contributed by atoms with Gasteiger partial charge in [0.05, 0.1) is 17.2 Å². The highest BCUT2D eigenvalue weighted by Crippen LogP contribution is 2.36. The summed E-state index contributed by atoms with van der Waals surface area (Å²) >= 11 is 1.71. The van der Waals surface area contributed by atoms with Crippen LogP contribution in [0.5, 0.6) is 0 Å². The summed E-state index contributed by atoms with van der Waals surface area (Å²) in [5, 5.41) is 12.5. The highest BCUT2D eigenvalue weighted by Gasteiger charge is 2.21. The van der Waals surface area contributed by atoms with Crippen LogP contribution in [0.4, 0.5) is 0 Å². The van der Waals surface area contributed by atoms with Crippen LogP contribution < -0.4 is 5.11 Å². The first-order valence-corrected chi connectivity index (χ1v) is 9.88. The van der Waals surface area contributed by atoms with E-state index in [1.807, 2.05) is 24.3 Å². The second-order valence-electron chi connectivity index (χ2n) is 6.41. The number of rotatable bonds is 3. The average molecular weight is 360 g/mol. The molecule has 0 N–H and O–H groups in total. The maximum Gasteiger partial charge on any atom is 0.0725 e. The minimum absolute atomic E-state index is 0.300. The largest absolute Gasteiger partial charge is 0.545 e. The molecule has 2 aromatic carbocycles. The maximum absolute atomic E-state index is 11.9. The summed E-state index contributed by atoms with van der Waals surface area (Å²) in [6, 6.07) is 15.8. The lowest BCUT2D eigenvalue weighted by molar-refractivity contribution is -0.254. The van der Waals surface area contributed by atoms with Crippen molar-refractivity contribution in [1.82, 2.24) is 4.98 Å². The fourth-order valence-electron chi connectivity index (χ4n) is 3.61. The van der Waals surface area contributed by atoms with E-state index < -0.39 is 5.97 Å². The van der Waals surface area contributed by atoms with Gasteiger partial charge in [0.25, 0.3) is 0 Å². The van der Waals surface area contributed by atoms with Crippen molar-refractivity contribution in [3.63, 3.8) is 0 Å². The molecule has 1 aromatic heterocycles. The van der Waals surface area contributed by atoms with Crippen LogP contribution in [0.3, 0.4) is 0 Å². The Balaban J connectivity index is 1.90. The number of carboxylic acid groups (broad SMARTS) is 1. The first-order chi connectivity index (χ1) is 12.7. The number of benzene rings is 2. The molecule has 0 bridgehead atoms. The minimum Gasteiger partial charge on any atom is -0.545 e. The summed E-state index contributed by atoms with van der Waals surface area (Å²) in [4.78, 5) is 17.9. The standard InChI is InChI=1S/C22H19NO2S/c1-26-16-11-9-14(10-12-16)13-15-5-4-7-18-20(22(24)25)17-6-2-3-8-19(17)23-21(15)18/h2-3,6,8-13H,4-5,7H2,1H3,(H,24,25)/p-1/b15-13+. The molecule has 0 aliphatic heterocycles. The minimum atomic E-state index is -1.12. The van der Waals surface area contributed by atoms with Crippen LogP contribution in [0.25, 0.3) is 22.6 Å². The molecule has 3 nitrogen and oxygen atoms in total. The van der Waals surface area contributed by atoms with Crippen LogP contribution >= 0.6 is 11.8 Å². The van der Waals surface area contributed by atoms with Crippen molar-refractivity contribution in [3.05, 3.63) is 70.9 Å². The first kappa shape index (κ1) is 16.9. The van der Waals surface area contributed by atoms with Gasteiger partial charge in [0.15, 0.2) is 0 Å². The average Bonchev–Trinajstić information content (AvgIpc) is 2.67. The topological polar surface area (TPSA) is 53.0 Å². The molecule has 0 fully saturated rings. The number of thioether (sulfide) groups is 1. The second-order valence-corrected chi connectivity index (χ2v) is 7.29. The van der Waals surface area contributed by atoms with Gasteiger partial charge in [0, 0.05) is 15.8 Å². The Morgan fingerprint density at radius 1 is 1.12 bits per heavy atom. The summed E-state index contributed by atoms with van der Waals surface area (Å²) in [6.07, 6.45) is 6.72. The van der Waals surface area contributed by atoms with Crippen molar-refractivity contribution in [3.8, 4) is 0 Å². The Morgan fingerprint density at radius 3 is 2.62 bits per heavy atom. The van der Waals surface area contributed by atoms with Crippen molar-refractivity contribution in [2.24, 2.45) is 0 Å². The monoisotopic (exact) mass is 360 g/mol. The predicted molar refractivity (Wildman–Crippen MR) is 105 cm³/mol. The number of para-hydroxylation sites is 1. The number of carbonyl (C=O) groups excluding carboxylic acids is 1. The van der Waals surface area contributed by atoms with Gasteiger partial charge >= 0.3 is 0 Å². The molecule has 1 heterocycles. The zero-order valence-electron chi connectivity index (χ0n) is 14.5. The molecular formula is C22H18NO2S-. The molecule has 0 radical (unpaired) electrons. The third-order valence-electron chi connectivity index (χ3n) is 4.83. The molecule has 3 aromatic rings. The van der Waals surface area contributed by atoms with Crippen molar-refractivity contribution in [2.45, 2.75) is 24.2 Å². The Kier molecular flexibility index (Phi) is 4.51. The second kappa shape index (κ2) is 6.96. The number of pyridine rings is 1. The van der Waals surface area contributed by atoms with Crippen molar-refractivity contribution < 1.29 is 9.90 Å². The van der Waals surface area contributed by atoms with Crippen molar-refractivity contribution in [1.29, 1.82) is 0 Å². The van der Waals surface area contributed by atoms with E-state index in [1.54, 1.807) is 11.8 Å². The molecule has 4 rings (SSSR count). The third-order valence-corrected chi connectivity index (χ3v) is 5.57. The summed E-state index contributed by atoms with van der Waals surface area (Å²) in [7, 11) is 0. The molecule has 0 unspecified atom stereocenters. The summed E-state index contributed by atoms with van der Waals surface area (Å²) in [5.41, 5.74) is 4.82. The number of aromatic nitrogens is 1. The van der Waals surface area contributed by atoms with Gasteiger partial charge in [-0.15, -0.1) is 11.8 Å². The number of hydrogen-bond donors (Lipinski definition) is 0. The summed E-state index contributed by atoms with van der Waals surface area (Å²) < 4.78 is 0. The van der Waals surface area contributed by atoms with E-state index in [4.69, 9.17) is 4.98 Å². The van der Waals surface area contributed by atoms with Gasteiger partial charge in [-0.3, -0.25) is 0 Å². The Morgan fingerprint density at radius 2 is 1.88 bits per heavy atom. The number of carboxylic acids is 1. The molecule has 1 aliphatic rings. The van der Waals surface area contributed by atoms with Gasteiger partial charge in [-0.05, 0) is 66.5 Å². The van der Waals surface area contributed by atoms with Gasteiger partial charge in [-0.1, -0.05) is 30.3 Å². The Bertz CT molecular complexity index is 1020. The Hall–Kier alpha value is -2.59. The van der Waals surface area contributed by atoms with Gasteiger partial charge in [0.2, 0.25) is 0 Å². The highest BCUT2D eigenvalue weighted by atomic mass is 32.2. The number of nitrogens with zero attached hydrogens (tertiary/aromatic N) is 1. The van der Waals surface area contributed by atoms with E-state index in [9.17, 15) is 9.90 Å². The lowest BCUT2D eigenvalue weighted by Crippen LogP contribution is -2.26. The predicted octanol–water partition coefficient (Wildman–Crippen LogP) is 4.20. The summed E-state index contributed by atoms with van der Waals surface area (Å²) in [6.45, 7) is 0. The van der Waals surface area contributed by atoms with Gasteiger partial charge in [0.1, 0.15) is 0 Å². The molecule has 0 saturated carbocycles. The van der Waals surface area contributed by atoms with Gasteiger partial charge in [-0.25, -0.2) is 4.98 Å². The van der Waals surface area contributed by atoms with Gasteiger partial charge < -0.3 is 9.90 Å². The molecule has 26 heavy (non-hydrogen) atoms. The van der Waals surface area contributed by atoms with Crippen LogP contribution in [0.15, 0.2) is 53.4 Å². The normalized spacial score (nSPS) is 15.2. The molecule has 130 valence electrons. The number of aromatic carboxylic acids is 1. The van der Waals surface area contributed by atoms with E-state index >= 15 is 0 Å². The van der Waals surface area contributed by atoms with E-state index in [2.05, 4.69) is 36.6 Å². The zero-order valence-corrected chi connectivity index (χ0v) is 15.3. The number of allylic oxidation sites excluding steroid dienone is 1. The van der Waals surface area contributed by atoms with Gasteiger partial charge in [-0.2, -0.15) is 0 Å². The number of hydrogen-bond acceptors (Lipinski definition) is 4. The van der Waals surface area contributed by atoms with Crippen molar-refractivity contribution >= 4 is 40.3 Å². The molecule has 0 spiro atoms. The van der Waals surface area contributed by atoms with E-state index in [0.717, 1.165) is 41.7 Å². The zero-order chi connectivity index (χ0) is 18.1. The van der Waals surface area contributed by atoms with Crippen molar-refractivity contribution in [2.75, 3.05) is 6.26 Å². The molecule has 4 heteroatoms. The molecule has 0 saturated heterocycles. The van der Waals surface area contributed by atoms with Crippen LogP contribution in [0, 0.1) is 0 Å². The fourth-order valence-corrected chi connectivity index (χ4v) is 4.02. The van der Waals surface area contributed by atoms with E-state index in [-0.39, 0.29) is 0 Å². The molecular weight excluding hydrogens is 342 g/mol. The number of carbonyl (C=O) groups is 1.